The Hall–Kier alpha value is -0.690. The van der Waals surface area contributed by atoms with Gasteiger partial charge in [-0.3, -0.25) is 0 Å². The van der Waals surface area contributed by atoms with E-state index in [0.29, 0.717) is 0 Å². The van der Waals surface area contributed by atoms with Crippen molar-refractivity contribution in [1.82, 2.24) is 0 Å². The van der Waals surface area contributed by atoms with E-state index in [1.165, 1.54) is 0 Å². The van der Waals surface area contributed by atoms with Crippen LogP contribution in [0, 0.1) is 0 Å². The lowest BCUT2D eigenvalue weighted by Gasteiger charge is -2.42. The van der Waals surface area contributed by atoms with E-state index in [-0.39, 0.29) is 13.2 Å². The first kappa shape index (κ1) is 6.99. The summed E-state index contributed by atoms with van der Waals surface area (Å²) in [4.78, 5) is 19.3. The van der Waals surface area contributed by atoms with Gasteiger partial charge >= 0.3 is 5.97 Å². The first-order chi connectivity index (χ1) is 5.11. The Morgan fingerprint density at radius 3 is 2.45 bits per heavy atom. The smallest absolute Gasteiger partial charge is 0.347 e. The van der Waals surface area contributed by atoms with Crippen molar-refractivity contribution in [2.45, 2.75) is 11.4 Å². The molecule has 2 rings (SSSR count). The average Bonchev–Trinajstić information content (AvgIpc) is 2.13. The second kappa shape index (κ2) is 1.72. The minimum Gasteiger partial charge on any atom is -0.479 e. The summed E-state index contributed by atoms with van der Waals surface area (Å²) in [6, 6.07) is 0. The van der Waals surface area contributed by atoms with E-state index >= 15 is 0 Å². The largest absolute Gasteiger partial charge is 0.479 e. The van der Waals surface area contributed by atoms with E-state index in [9.17, 15) is 9.90 Å². The van der Waals surface area contributed by atoms with Crippen LogP contribution >= 0.6 is 0 Å². The van der Waals surface area contributed by atoms with Gasteiger partial charge in [0.05, 0.1) is 6.61 Å². The standard InChI is InChI=1S/C5H6O6/c6-3(7)4-1-9-5(4,8)2-10-11-4/h8H,1-2H2,(H,6,7). The molecule has 0 aliphatic carbocycles. The summed E-state index contributed by atoms with van der Waals surface area (Å²) in [6.45, 7) is -0.446. The number of hydrogen-bond acceptors (Lipinski definition) is 5. The summed E-state index contributed by atoms with van der Waals surface area (Å²) >= 11 is 0. The molecule has 0 spiro atoms. The van der Waals surface area contributed by atoms with E-state index in [1.54, 1.807) is 0 Å². The van der Waals surface area contributed by atoms with Gasteiger partial charge in [-0.05, 0) is 0 Å². The molecule has 0 aromatic heterocycles. The molecule has 2 heterocycles. The number of fused-ring (bicyclic) bond motifs is 1. The summed E-state index contributed by atoms with van der Waals surface area (Å²) in [7, 11) is 0. The number of rotatable bonds is 1. The molecular formula is C5H6O6. The number of aliphatic carboxylic acids is 1. The van der Waals surface area contributed by atoms with Crippen LogP contribution in [0.15, 0.2) is 0 Å². The van der Waals surface area contributed by atoms with Gasteiger partial charge < -0.3 is 14.9 Å². The molecular weight excluding hydrogens is 156 g/mol. The van der Waals surface area contributed by atoms with E-state index in [0.717, 1.165) is 0 Å². The average molecular weight is 162 g/mol. The van der Waals surface area contributed by atoms with Crippen LogP contribution in [-0.2, 0) is 19.3 Å². The van der Waals surface area contributed by atoms with Gasteiger partial charge in [-0.25, -0.2) is 14.6 Å². The maximum atomic E-state index is 10.5. The molecule has 0 aromatic rings. The van der Waals surface area contributed by atoms with Crippen LogP contribution in [0.25, 0.3) is 0 Å². The van der Waals surface area contributed by atoms with E-state index in [1.807, 2.05) is 0 Å². The van der Waals surface area contributed by atoms with Gasteiger partial charge in [-0.1, -0.05) is 0 Å². The number of carbonyl (C=O) groups is 1. The van der Waals surface area contributed by atoms with E-state index < -0.39 is 17.4 Å². The van der Waals surface area contributed by atoms with Crippen molar-refractivity contribution in [3.63, 3.8) is 0 Å². The molecule has 2 fully saturated rings. The Balaban J connectivity index is 2.32. The second-order valence-corrected chi connectivity index (χ2v) is 2.55. The van der Waals surface area contributed by atoms with Crippen LogP contribution in [0.3, 0.4) is 0 Å². The molecule has 2 unspecified atom stereocenters. The second-order valence-electron chi connectivity index (χ2n) is 2.55. The van der Waals surface area contributed by atoms with Crippen molar-refractivity contribution in [3.05, 3.63) is 0 Å². The van der Waals surface area contributed by atoms with Crippen LogP contribution in [0.4, 0.5) is 0 Å². The van der Waals surface area contributed by atoms with Gasteiger partial charge in [0.1, 0.15) is 6.61 Å². The lowest BCUT2D eigenvalue weighted by molar-refractivity contribution is -0.386. The summed E-state index contributed by atoms with van der Waals surface area (Å²) in [5, 5.41) is 17.9. The van der Waals surface area contributed by atoms with Crippen LogP contribution in [0.5, 0.6) is 0 Å². The zero-order chi connectivity index (χ0) is 8.11. The number of hydrogen-bond donors (Lipinski definition) is 2. The molecule has 2 aliphatic rings. The molecule has 2 N–H and O–H groups in total. The third-order valence-electron chi connectivity index (χ3n) is 1.95. The Bertz CT molecular complexity index is 215. The van der Waals surface area contributed by atoms with Crippen molar-refractivity contribution in [1.29, 1.82) is 0 Å². The van der Waals surface area contributed by atoms with Crippen LogP contribution in [0.1, 0.15) is 0 Å². The van der Waals surface area contributed by atoms with Gasteiger partial charge in [0, 0.05) is 0 Å². The molecule has 0 amide bonds. The van der Waals surface area contributed by atoms with Gasteiger partial charge in [-0.2, -0.15) is 0 Å². The molecule has 62 valence electrons. The van der Waals surface area contributed by atoms with E-state index in [2.05, 4.69) is 14.5 Å². The molecule has 11 heavy (non-hydrogen) atoms. The lowest BCUT2D eigenvalue weighted by atomic mass is 9.89. The predicted octanol–water partition coefficient (Wildman–Crippen LogP) is -1.51. The number of carboxylic acid groups (broad SMARTS) is 1. The molecule has 2 aliphatic heterocycles. The molecule has 0 saturated carbocycles. The highest BCUT2D eigenvalue weighted by Crippen LogP contribution is 2.43. The fourth-order valence-corrected chi connectivity index (χ4v) is 1.09. The number of ether oxygens (including phenoxy) is 1. The Labute approximate surface area is 61.2 Å². The Kier molecular flexibility index (Phi) is 1.10. The number of aliphatic hydroxyl groups is 1. The molecule has 0 aromatic carbocycles. The SMILES string of the molecule is O=C(O)C12COC1(O)COO2. The van der Waals surface area contributed by atoms with Gasteiger partial charge in [-0.15, -0.1) is 0 Å². The maximum Gasteiger partial charge on any atom is 0.347 e. The monoisotopic (exact) mass is 162 g/mol. The lowest BCUT2D eigenvalue weighted by Crippen LogP contribution is -2.71. The zero-order valence-electron chi connectivity index (χ0n) is 5.44. The minimum atomic E-state index is -1.79. The maximum absolute atomic E-state index is 10.5. The van der Waals surface area contributed by atoms with Crippen LogP contribution in [-0.4, -0.2) is 40.8 Å². The van der Waals surface area contributed by atoms with Crippen LogP contribution < -0.4 is 0 Å². The van der Waals surface area contributed by atoms with Gasteiger partial charge in [0.15, 0.2) is 0 Å². The molecule has 2 atom stereocenters. The van der Waals surface area contributed by atoms with Gasteiger partial charge in [0.25, 0.3) is 5.60 Å². The van der Waals surface area contributed by atoms with Crippen molar-refractivity contribution in [3.8, 4) is 0 Å². The fraction of sp³-hybridized carbons (Fsp3) is 0.800. The van der Waals surface area contributed by atoms with Crippen molar-refractivity contribution in [2.75, 3.05) is 13.2 Å². The highest BCUT2D eigenvalue weighted by molar-refractivity contribution is 5.80. The molecule has 0 bridgehead atoms. The summed E-state index contributed by atoms with van der Waals surface area (Å²) in [5.41, 5.74) is -1.70. The Morgan fingerprint density at radius 1 is 1.45 bits per heavy atom. The fourth-order valence-electron chi connectivity index (χ4n) is 1.09. The minimum absolute atomic E-state index is 0.182. The topological polar surface area (TPSA) is 85.2 Å². The normalized spacial score (nSPS) is 48.1. The Morgan fingerprint density at radius 2 is 2.18 bits per heavy atom. The molecule has 2 saturated heterocycles. The zero-order valence-corrected chi connectivity index (χ0v) is 5.44. The first-order valence-corrected chi connectivity index (χ1v) is 3.01. The highest BCUT2D eigenvalue weighted by atomic mass is 17.2. The van der Waals surface area contributed by atoms with Crippen molar-refractivity contribution >= 4 is 5.97 Å². The van der Waals surface area contributed by atoms with Crippen LogP contribution in [0.2, 0.25) is 0 Å². The predicted molar refractivity (Wildman–Crippen MR) is 28.3 cm³/mol. The third-order valence-corrected chi connectivity index (χ3v) is 1.95. The van der Waals surface area contributed by atoms with Crippen molar-refractivity contribution in [2.24, 2.45) is 0 Å². The molecule has 0 radical (unpaired) electrons. The van der Waals surface area contributed by atoms with Crippen molar-refractivity contribution < 1.29 is 29.5 Å². The summed E-state index contributed by atoms with van der Waals surface area (Å²) in [6.07, 6.45) is 0. The third kappa shape index (κ3) is 0.579. The summed E-state index contributed by atoms with van der Waals surface area (Å²) in [5.74, 6) is -3.07. The first-order valence-electron chi connectivity index (χ1n) is 3.01. The number of carboxylic acids is 1. The van der Waals surface area contributed by atoms with Gasteiger partial charge in [0.2, 0.25) is 5.79 Å². The summed E-state index contributed by atoms with van der Waals surface area (Å²) < 4.78 is 4.63. The highest BCUT2D eigenvalue weighted by Gasteiger charge is 2.73. The molecule has 6 heteroatoms. The van der Waals surface area contributed by atoms with E-state index in [4.69, 9.17) is 5.11 Å². The molecule has 6 nitrogen and oxygen atoms in total. The quantitative estimate of drug-likeness (QED) is 0.456.